The topological polar surface area (TPSA) is 30.9 Å². The van der Waals surface area contributed by atoms with Gasteiger partial charge in [0.2, 0.25) is 0 Å². The van der Waals surface area contributed by atoms with Crippen molar-refractivity contribution in [2.45, 2.75) is 38.5 Å². The summed E-state index contributed by atoms with van der Waals surface area (Å²) >= 11 is 0. The third-order valence-electron chi connectivity index (χ3n) is 4.93. The third-order valence-corrected chi connectivity index (χ3v) is 4.93. The number of unbranched alkanes of at least 4 members (excludes halogenated alkanes) is 4. The van der Waals surface area contributed by atoms with Crippen LogP contribution in [-0.2, 0) is 0 Å². The van der Waals surface area contributed by atoms with Gasteiger partial charge in [-0.3, -0.25) is 4.99 Å². The van der Waals surface area contributed by atoms with Crippen molar-refractivity contribution in [3.63, 3.8) is 0 Å². The molecular weight excluding hydrogens is 320 g/mol. The molecule has 26 heavy (non-hydrogen) atoms. The van der Waals surface area contributed by atoms with Crippen LogP contribution in [0.2, 0.25) is 0 Å². The van der Waals surface area contributed by atoms with E-state index in [-0.39, 0.29) is 0 Å². The fraction of sp³-hybridized carbons (Fsp3) is 0.591. The Morgan fingerprint density at radius 3 is 2.46 bits per heavy atom. The molecule has 4 heteroatoms. The van der Waals surface area contributed by atoms with E-state index in [0.29, 0.717) is 0 Å². The Morgan fingerprint density at radius 1 is 1.08 bits per heavy atom. The van der Waals surface area contributed by atoms with E-state index >= 15 is 0 Å². The van der Waals surface area contributed by atoms with E-state index in [9.17, 15) is 0 Å². The Hall–Kier alpha value is -1.81. The summed E-state index contributed by atoms with van der Waals surface area (Å²) in [7, 11) is 6.18. The van der Waals surface area contributed by atoms with Crippen molar-refractivity contribution in [1.29, 1.82) is 0 Å². The fourth-order valence-corrected chi connectivity index (χ4v) is 3.39. The molecule has 2 rings (SSSR count). The van der Waals surface area contributed by atoms with Crippen molar-refractivity contribution in [2.75, 3.05) is 47.3 Å². The first kappa shape index (κ1) is 20.5. The highest BCUT2D eigenvalue weighted by molar-refractivity contribution is 5.81. The van der Waals surface area contributed by atoms with Crippen LogP contribution in [0.25, 0.3) is 5.57 Å². The van der Waals surface area contributed by atoms with Crippen molar-refractivity contribution >= 4 is 11.5 Å². The lowest BCUT2D eigenvalue weighted by molar-refractivity contribution is 0.389. The van der Waals surface area contributed by atoms with Gasteiger partial charge in [0.1, 0.15) is 0 Å². The Morgan fingerprint density at radius 2 is 1.81 bits per heavy atom. The minimum atomic E-state index is 0.939. The lowest BCUT2D eigenvalue weighted by atomic mass is 10.00. The van der Waals surface area contributed by atoms with Crippen LogP contribution in [0, 0.1) is 0 Å². The van der Waals surface area contributed by atoms with E-state index in [1.165, 1.54) is 49.8 Å². The second-order valence-corrected chi connectivity index (χ2v) is 7.34. The summed E-state index contributed by atoms with van der Waals surface area (Å²) in [6.07, 6.45) is 9.93. The maximum Gasteiger partial charge on any atom is 0.193 e. The average Bonchev–Trinajstić information content (AvgIpc) is 2.67. The molecule has 1 aliphatic heterocycles. The van der Waals surface area contributed by atoms with E-state index in [1.807, 2.05) is 7.05 Å². The SMILES string of the molecule is CN=C(NCCCCCCCN(C)C)N1CC=C(c2ccccc2)CC1. The highest BCUT2D eigenvalue weighted by Crippen LogP contribution is 2.21. The molecule has 1 aliphatic rings. The molecule has 0 saturated carbocycles. The summed E-state index contributed by atoms with van der Waals surface area (Å²) in [5.74, 6) is 1.04. The Bertz CT molecular complexity index is 563. The number of rotatable bonds is 9. The Balaban J connectivity index is 1.64. The molecule has 0 saturated heterocycles. The summed E-state index contributed by atoms with van der Waals surface area (Å²) in [6, 6.07) is 10.7. The van der Waals surface area contributed by atoms with Crippen molar-refractivity contribution < 1.29 is 0 Å². The van der Waals surface area contributed by atoms with Gasteiger partial charge in [-0.2, -0.15) is 0 Å². The fourth-order valence-electron chi connectivity index (χ4n) is 3.39. The first-order chi connectivity index (χ1) is 12.7. The molecule has 0 aliphatic carbocycles. The number of hydrogen-bond donors (Lipinski definition) is 1. The van der Waals surface area contributed by atoms with Crippen molar-refractivity contribution in [3.8, 4) is 0 Å². The van der Waals surface area contributed by atoms with E-state index in [1.54, 1.807) is 0 Å². The van der Waals surface area contributed by atoms with Gasteiger partial charge in [0.05, 0.1) is 0 Å². The summed E-state index contributed by atoms with van der Waals surface area (Å²) in [5.41, 5.74) is 2.80. The molecule has 1 aromatic carbocycles. The predicted octanol–water partition coefficient (Wildman–Crippen LogP) is 3.86. The molecule has 0 spiro atoms. The molecule has 0 bridgehead atoms. The molecule has 144 valence electrons. The smallest absolute Gasteiger partial charge is 0.193 e. The number of benzene rings is 1. The van der Waals surface area contributed by atoms with Gasteiger partial charge in [0.25, 0.3) is 0 Å². The van der Waals surface area contributed by atoms with Crippen molar-refractivity contribution in [1.82, 2.24) is 15.1 Å². The van der Waals surface area contributed by atoms with Gasteiger partial charge < -0.3 is 15.1 Å². The first-order valence-corrected chi connectivity index (χ1v) is 10.1. The van der Waals surface area contributed by atoms with Gasteiger partial charge in [0, 0.05) is 26.7 Å². The Labute approximate surface area is 160 Å². The van der Waals surface area contributed by atoms with Gasteiger partial charge in [-0.1, -0.05) is 55.7 Å². The molecule has 0 amide bonds. The van der Waals surface area contributed by atoms with Crippen LogP contribution in [-0.4, -0.2) is 63.1 Å². The van der Waals surface area contributed by atoms with Crippen molar-refractivity contribution in [3.05, 3.63) is 42.0 Å². The number of guanidine groups is 1. The molecule has 1 heterocycles. The molecule has 0 unspecified atom stereocenters. The maximum absolute atomic E-state index is 4.47. The average molecular weight is 357 g/mol. The van der Waals surface area contributed by atoms with Crippen molar-refractivity contribution in [2.24, 2.45) is 4.99 Å². The van der Waals surface area contributed by atoms with Crippen LogP contribution in [0.4, 0.5) is 0 Å². The van der Waals surface area contributed by atoms with Crippen LogP contribution < -0.4 is 5.32 Å². The number of aliphatic imine (C=N–C) groups is 1. The van der Waals surface area contributed by atoms with Crippen LogP contribution in [0.3, 0.4) is 0 Å². The summed E-state index contributed by atoms with van der Waals surface area (Å²) in [6.45, 7) is 4.20. The minimum absolute atomic E-state index is 0.939. The second kappa shape index (κ2) is 11.7. The molecule has 0 atom stereocenters. The summed E-state index contributed by atoms with van der Waals surface area (Å²) in [4.78, 5) is 9.09. The molecular formula is C22H36N4. The standard InChI is InChI=1S/C22H36N4/c1-23-22(24-16-10-5-4-6-11-17-25(2)3)26-18-14-21(15-19-26)20-12-8-7-9-13-20/h7-9,12-14H,4-6,10-11,15-19H2,1-3H3,(H,23,24). The second-order valence-electron chi connectivity index (χ2n) is 7.34. The molecule has 0 aromatic heterocycles. The normalized spacial score (nSPS) is 15.3. The highest BCUT2D eigenvalue weighted by atomic mass is 15.3. The molecule has 0 radical (unpaired) electrons. The molecule has 4 nitrogen and oxygen atoms in total. The summed E-state index contributed by atoms with van der Waals surface area (Å²) in [5, 5.41) is 3.54. The zero-order valence-corrected chi connectivity index (χ0v) is 16.9. The molecule has 1 aromatic rings. The van der Waals surface area contributed by atoms with Gasteiger partial charge in [0.15, 0.2) is 5.96 Å². The lowest BCUT2D eigenvalue weighted by Crippen LogP contribution is -2.43. The Kier molecular flexibility index (Phi) is 9.26. The molecule has 1 N–H and O–H groups in total. The minimum Gasteiger partial charge on any atom is -0.356 e. The van der Waals surface area contributed by atoms with Crippen LogP contribution >= 0.6 is 0 Å². The quantitative estimate of drug-likeness (QED) is 0.414. The van der Waals surface area contributed by atoms with E-state index in [2.05, 4.69) is 70.6 Å². The first-order valence-electron chi connectivity index (χ1n) is 10.1. The lowest BCUT2D eigenvalue weighted by Gasteiger charge is -2.29. The van der Waals surface area contributed by atoms with Crippen LogP contribution in [0.15, 0.2) is 41.4 Å². The third kappa shape index (κ3) is 7.20. The zero-order chi connectivity index (χ0) is 18.6. The largest absolute Gasteiger partial charge is 0.356 e. The van der Waals surface area contributed by atoms with Crippen LogP contribution in [0.5, 0.6) is 0 Å². The van der Waals surface area contributed by atoms with E-state index in [4.69, 9.17) is 0 Å². The van der Waals surface area contributed by atoms with Gasteiger partial charge in [-0.05, 0) is 51.0 Å². The van der Waals surface area contributed by atoms with Gasteiger partial charge in [-0.25, -0.2) is 0 Å². The summed E-state index contributed by atoms with van der Waals surface area (Å²) < 4.78 is 0. The van der Waals surface area contributed by atoms with Gasteiger partial charge >= 0.3 is 0 Å². The highest BCUT2D eigenvalue weighted by Gasteiger charge is 2.15. The predicted molar refractivity (Wildman–Crippen MR) is 114 cm³/mol. The zero-order valence-electron chi connectivity index (χ0n) is 16.9. The van der Waals surface area contributed by atoms with E-state index in [0.717, 1.165) is 32.0 Å². The number of hydrogen-bond acceptors (Lipinski definition) is 2. The van der Waals surface area contributed by atoms with E-state index < -0.39 is 0 Å². The number of nitrogens with zero attached hydrogens (tertiary/aromatic N) is 3. The monoisotopic (exact) mass is 356 g/mol. The number of nitrogens with one attached hydrogen (secondary N) is 1. The van der Waals surface area contributed by atoms with Gasteiger partial charge in [-0.15, -0.1) is 0 Å². The molecule has 0 fully saturated rings. The maximum atomic E-state index is 4.47. The van der Waals surface area contributed by atoms with Crippen LogP contribution in [0.1, 0.15) is 44.1 Å².